The summed E-state index contributed by atoms with van der Waals surface area (Å²) in [5.74, 6) is -1.75. The standard InChI is InChI=1S/C19H14F2N4O2S/c1-28(26,27)15-4-2-3-12(7-15)19(13-5-6-16(20)17(21)8-13)25-18-11-23-14(9-22)10-24-18/h2-8,10-11,19H,1H3,(H,24,25). The number of nitrogens with one attached hydrogen (secondary N) is 1. The third kappa shape index (κ3) is 4.29. The lowest BCUT2D eigenvalue weighted by Crippen LogP contribution is -2.15. The van der Waals surface area contributed by atoms with Gasteiger partial charge < -0.3 is 5.32 Å². The molecule has 1 aromatic heterocycles. The molecule has 142 valence electrons. The molecule has 1 heterocycles. The Morgan fingerprint density at radius 3 is 2.39 bits per heavy atom. The van der Waals surface area contributed by atoms with Crippen molar-refractivity contribution in [2.45, 2.75) is 10.9 Å². The summed E-state index contributed by atoms with van der Waals surface area (Å²) >= 11 is 0. The average molecular weight is 400 g/mol. The van der Waals surface area contributed by atoms with Crippen molar-refractivity contribution in [3.8, 4) is 6.07 Å². The highest BCUT2D eigenvalue weighted by Gasteiger charge is 2.19. The van der Waals surface area contributed by atoms with E-state index in [-0.39, 0.29) is 16.4 Å². The van der Waals surface area contributed by atoms with Crippen LogP contribution in [-0.2, 0) is 9.84 Å². The molecular formula is C19H14F2N4O2S. The van der Waals surface area contributed by atoms with Crippen molar-refractivity contribution in [3.05, 3.63) is 83.3 Å². The van der Waals surface area contributed by atoms with Crippen LogP contribution in [0.3, 0.4) is 0 Å². The van der Waals surface area contributed by atoms with Crippen molar-refractivity contribution in [1.82, 2.24) is 9.97 Å². The van der Waals surface area contributed by atoms with Crippen molar-refractivity contribution in [2.24, 2.45) is 0 Å². The van der Waals surface area contributed by atoms with E-state index in [1.54, 1.807) is 12.1 Å². The lowest BCUT2D eigenvalue weighted by Gasteiger charge is -2.21. The zero-order valence-electron chi connectivity index (χ0n) is 14.6. The SMILES string of the molecule is CS(=O)(=O)c1cccc(C(Nc2cnc(C#N)cn2)c2ccc(F)c(F)c2)c1. The minimum absolute atomic E-state index is 0.0882. The van der Waals surface area contributed by atoms with E-state index in [1.807, 2.05) is 6.07 Å². The molecule has 0 radical (unpaired) electrons. The lowest BCUT2D eigenvalue weighted by molar-refractivity contribution is 0.506. The maximum atomic E-state index is 13.8. The number of hydrogen-bond donors (Lipinski definition) is 1. The van der Waals surface area contributed by atoms with Gasteiger partial charge in [-0.05, 0) is 35.4 Å². The molecule has 1 unspecified atom stereocenters. The predicted octanol–water partition coefficient (Wildman–Crippen LogP) is 3.23. The first-order valence-electron chi connectivity index (χ1n) is 8.01. The van der Waals surface area contributed by atoms with Gasteiger partial charge in [-0.25, -0.2) is 27.2 Å². The van der Waals surface area contributed by atoms with Crippen molar-refractivity contribution in [3.63, 3.8) is 0 Å². The summed E-state index contributed by atoms with van der Waals surface area (Å²) in [5, 5.41) is 11.8. The molecule has 0 aliphatic rings. The van der Waals surface area contributed by atoms with E-state index >= 15 is 0 Å². The number of nitrogens with zero attached hydrogens (tertiary/aromatic N) is 3. The van der Waals surface area contributed by atoms with Crippen LogP contribution in [-0.4, -0.2) is 24.6 Å². The van der Waals surface area contributed by atoms with Crippen LogP contribution in [0.25, 0.3) is 0 Å². The molecule has 3 aromatic rings. The summed E-state index contributed by atoms with van der Waals surface area (Å²) in [5.41, 5.74) is 0.977. The van der Waals surface area contributed by atoms with Crippen LogP contribution >= 0.6 is 0 Å². The van der Waals surface area contributed by atoms with Gasteiger partial charge in [-0.2, -0.15) is 5.26 Å². The first-order chi connectivity index (χ1) is 13.3. The number of nitriles is 1. The van der Waals surface area contributed by atoms with Gasteiger partial charge in [0, 0.05) is 6.26 Å². The normalized spacial score (nSPS) is 12.2. The van der Waals surface area contributed by atoms with Crippen LogP contribution in [0.15, 0.2) is 59.8 Å². The molecule has 0 saturated carbocycles. The highest BCUT2D eigenvalue weighted by molar-refractivity contribution is 7.90. The molecule has 0 aliphatic heterocycles. The molecule has 0 spiro atoms. The van der Waals surface area contributed by atoms with Gasteiger partial charge >= 0.3 is 0 Å². The minimum Gasteiger partial charge on any atom is -0.358 e. The monoisotopic (exact) mass is 400 g/mol. The zero-order valence-corrected chi connectivity index (χ0v) is 15.4. The number of benzene rings is 2. The van der Waals surface area contributed by atoms with Crippen LogP contribution in [0.4, 0.5) is 14.6 Å². The molecule has 0 saturated heterocycles. The van der Waals surface area contributed by atoms with E-state index in [4.69, 9.17) is 5.26 Å². The highest BCUT2D eigenvalue weighted by atomic mass is 32.2. The van der Waals surface area contributed by atoms with Gasteiger partial charge in [-0.1, -0.05) is 18.2 Å². The summed E-state index contributed by atoms with van der Waals surface area (Å²) in [6.45, 7) is 0. The summed E-state index contributed by atoms with van der Waals surface area (Å²) in [6.07, 6.45) is 3.67. The molecule has 0 fully saturated rings. The summed E-state index contributed by atoms with van der Waals surface area (Å²) in [4.78, 5) is 8.07. The van der Waals surface area contributed by atoms with Gasteiger partial charge in [0.2, 0.25) is 0 Å². The maximum Gasteiger partial charge on any atom is 0.175 e. The Morgan fingerprint density at radius 1 is 1.04 bits per heavy atom. The molecule has 3 rings (SSSR count). The second kappa shape index (κ2) is 7.70. The van der Waals surface area contributed by atoms with Crippen molar-refractivity contribution in [1.29, 1.82) is 5.26 Å². The number of halogens is 2. The second-order valence-corrected chi connectivity index (χ2v) is 8.01. The Balaban J connectivity index is 2.08. The van der Waals surface area contributed by atoms with Crippen LogP contribution in [0.2, 0.25) is 0 Å². The van der Waals surface area contributed by atoms with Gasteiger partial charge in [0.25, 0.3) is 0 Å². The van der Waals surface area contributed by atoms with E-state index < -0.39 is 27.5 Å². The average Bonchev–Trinajstić information content (AvgIpc) is 2.68. The number of rotatable bonds is 5. The number of sulfone groups is 1. The topological polar surface area (TPSA) is 95.7 Å². The van der Waals surface area contributed by atoms with Crippen LogP contribution in [0.1, 0.15) is 22.9 Å². The number of anilines is 1. The fraction of sp³-hybridized carbons (Fsp3) is 0.105. The van der Waals surface area contributed by atoms with Gasteiger partial charge in [-0.3, -0.25) is 0 Å². The third-order valence-corrected chi connectivity index (χ3v) is 5.07. The van der Waals surface area contributed by atoms with Crippen molar-refractivity contribution in [2.75, 3.05) is 11.6 Å². The Morgan fingerprint density at radius 2 is 1.79 bits per heavy atom. The summed E-state index contributed by atoms with van der Waals surface area (Å²) in [7, 11) is -3.46. The molecule has 2 aromatic carbocycles. The van der Waals surface area contributed by atoms with Gasteiger partial charge in [0.1, 0.15) is 11.9 Å². The smallest absolute Gasteiger partial charge is 0.175 e. The molecular weight excluding hydrogens is 386 g/mol. The largest absolute Gasteiger partial charge is 0.358 e. The minimum atomic E-state index is -3.46. The van der Waals surface area contributed by atoms with Crippen LogP contribution in [0, 0.1) is 23.0 Å². The molecule has 0 bridgehead atoms. The zero-order chi connectivity index (χ0) is 20.3. The predicted molar refractivity (Wildman–Crippen MR) is 98.1 cm³/mol. The van der Waals surface area contributed by atoms with E-state index in [0.29, 0.717) is 11.1 Å². The van der Waals surface area contributed by atoms with E-state index in [9.17, 15) is 17.2 Å². The van der Waals surface area contributed by atoms with Gasteiger partial charge in [0.15, 0.2) is 27.2 Å². The van der Waals surface area contributed by atoms with Gasteiger partial charge in [0.05, 0.1) is 23.3 Å². The first kappa shape index (κ1) is 19.4. The van der Waals surface area contributed by atoms with E-state index in [1.165, 1.54) is 30.6 Å². The third-order valence-electron chi connectivity index (χ3n) is 3.96. The molecule has 0 aliphatic carbocycles. The fourth-order valence-corrected chi connectivity index (χ4v) is 3.26. The van der Waals surface area contributed by atoms with Crippen LogP contribution < -0.4 is 5.32 Å². The summed E-state index contributed by atoms with van der Waals surface area (Å²) < 4.78 is 50.9. The second-order valence-electron chi connectivity index (χ2n) is 5.99. The number of aromatic nitrogens is 2. The number of hydrogen-bond acceptors (Lipinski definition) is 6. The van der Waals surface area contributed by atoms with E-state index in [0.717, 1.165) is 18.4 Å². The molecule has 1 N–H and O–H groups in total. The van der Waals surface area contributed by atoms with Crippen molar-refractivity contribution < 1.29 is 17.2 Å². The molecule has 9 heteroatoms. The van der Waals surface area contributed by atoms with Gasteiger partial charge in [-0.15, -0.1) is 0 Å². The molecule has 0 amide bonds. The first-order valence-corrected chi connectivity index (χ1v) is 9.91. The Kier molecular flexibility index (Phi) is 5.33. The highest BCUT2D eigenvalue weighted by Crippen LogP contribution is 2.28. The van der Waals surface area contributed by atoms with E-state index in [2.05, 4.69) is 15.3 Å². The van der Waals surface area contributed by atoms with Crippen LogP contribution in [0.5, 0.6) is 0 Å². The fourth-order valence-electron chi connectivity index (χ4n) is 2.58. The quantitative estimate of drug-likeness (QED) is 0.706. The lowest BCUT2D eigenvalue weighted by atomic mass is 9.98. The Labute approximate surface area is 160 Å². The maximum absolute atomic E-state index is 13.8. The summed E-state index contributed by atoms with van der Waals surface area (Å²) in [6, 6.07) is 10.6. The Hall–Kier alpha value is -3.38. The van der Waals surface area contributed by atoms with Crippen molar-refractivity contribution >= 4 is 15.7 Å². The Bertz CT molecular complexity index is 1160. The molecule has 1 atom stereocenters. The molecule has 6 nitrogen and oxygen atoms in total. The molecule has 28 heavy (non-hydrogen) atoms.